The minimum atomic E-state index is -4.12. The minimum absolute atomic E-state index is 0.0457. The van der Waals surface area contributed by atoms with Gasteiger partial charge in [0.15, 0.2) is 0 Å². The summed E-state index contributed by atoms with van der Waals surface area (Å²) in [6.07, 6.45) is 2.13. The van der Waals surface area contributed by atoms with Gasteiger partial charge in [0.1, 0.15) is 17.2 Å². The number of aromatic nitrogens is 3. The highest BCUT2D eigenvalue weighted by Gasteiger charge is 2.21. The molecule has 0 aliphatic carbocycles. The summed E-state index contributed by atoms with van der Waals surface area (Å²) < 4.78 is 42.6. The van der Waals surface area contributed by atoms with E-state index in [2.05, 4.69) is 14.8 Å². The maximum Gasteiger partial charge on any atom is 0.339 e. The van der Waals surface area contributed by atoms with Crippen LogP contribution < -0.4 is 9.62 Å². The number of halogens is 1. The lowest BCUT2D eigenvalue weighted by Crippen LogP contribution is -2.23. The SMILES string of the molecule is CCCn1nc(C)cc1CN(C)c1ncc(NS(=O)(=O)c2cccc(F)c2)cc1C(=O)O. The van der Waals surface area contributed by atoms with Gasteiger partial charge in [-0.15, -0.1) is 0 Å². The molecule has 0 saturated carbocycles. The number of rotatable bonds is 9. The van der Waals surface area contributed by atoms with Crippen LogP contribution in [0.2, 0.25) is 0 Å². The molecule has 0 amide bonds. The molecule has 9 nitrogen and oxygen atoms in total. The number of benzene rings is 1. The van der Waals surface area contributed by atoms with E-state index in [9.17, 15) is 22.7 Å². The summed E-state index contributed by atoms with van der Waals surface area (Å²) in [5, 5.41) is 14.1. The first kappa shape index (κ1) is 23.2. The Morgan fingerprint density at radius 3 is 2.69 bits per heavy atom. The first-order chi connectivity index (χ1) is 15.1. The Kier molecular flexibility index (Phi) is 6.78. The number of carboxylic acids is 1. The number of nitrogens with zero attached hydrogens (tertiary/aromatic N) is 4. The number of aromatic carboxylic acids is 1. The molecule has 0 atom stereocenters. The summed E-state index contributed by atoms with van der Waals surface area (Å²) in [5.74, 6) is -1.79. The van der Waals surface area contributed by atoms with Gasteiger partial charge in [0.2, 0.25) is 0 Å². The van der Waals surface area contributed by atoms with Crippen molar-refractivity contribution in [1.82, 2.24) is 14.8 Å². The van der Waals surface area contributed by atoms with Crippen molar-refractivity contribution in [2.45, 2.75) is 38.3 Å². The van der Waals surface area contributed by atoms with E-state index in [1.807, 2.05) is 24.6 Å². The largest absolute Gasteiger partial charge is 0.478 e. The molecule has 170 valence electrons. The number of hydrogen-bond donors (Lipinski definition) is 2. The third-order valence-corrected chi connectivity index (χ3v) is 6.02. The molecule has 0 radical (unpaired) electrons. The Bertz CT molecular complexity index is 1240. The van der Waals surface area contributed by atoms with E-state index in [0.29, 0.717) is 6.54 Å². The van der Waals surface area contributed by atoms with Gasteiger partial charge < -0.3 is 10.0 Å². The van der Waals surface area contributed by atoms with Crippen LogP contribution in [0.4, 0.5) is 15.9 Å². The number of pyridine rings is 1. The number of aryl methyl sites for hydroxylation is 2. The monoisotopic (exact) mass is 461 g/mol. The Hall–Kier alpha value is -3.47. The van der Waals surface area contributed by atoms with Crippen molar-refractivity contribution < 1.29 is 22.7 Å². The number of anilines is 2. The van der Waals surface area contributed by atoms with Gasteiger partial charge in [-0.3, -0.25) is 9.40 Å². The summed E-state index contributed by atoms with van der Waals surface area (Å²) in [4.78, 5) is 17.4. The predicted molar refractivity (Wildman–Crippen MR) is 118 cm³/mol. The molecule has 0 saturated heterocycles. The fraction of sp³-hybridized carbons (Fsp3) is 0.286. The zero-order chi connectivity index (χ0) is 23.5. The second-order valence-electron chi connectivity index (χ2n) is 7.32. The second-order valence-corrected chi connectivity index (χ2v) is 9.00. The van der Waals surface area contributed by atoms with Crippen LogP contribution >= 0.6 is 0 Å². The molecule has 3 aromatic rings. The standard InChI is InChI=1S/C21H24FN5O4S/c1-4-8-27-17(9-14(2)24-27)13-26(3)20-19(21(28)29)11-16(12-23-20)25-32(30,31)18-7-5-6-15(22)10-18/h5-7,9-12,25H,4,8,13H2,1-3H3,(H,28,29). The second kappa shape index (κ2) is 9.35. The molecule has 0 bridgehead atoms. The van der Waals surface area contributed by atoms with E-state index in [-0.39, 0.29) is 22.0 Å². The van der Waals surface area contributed by atoms with Crippen LogP contribution in [-0.4, -0.2) is 41.3 Å². The van der Waals surface area contributed by atoms with E-state index in [4.69, 9.17) is 0 Å². The molecule has 3 rings (SSSR count). The van der Waals surface area contributed by atoms with Crippen LogP contribution in [0.5, 0.6) is 0 Å². The quantitative estimate of drug-likeness (QED) is 0.502. The lowest BCUT2D eigenvalue weighted by atomic mass is 10.2. The normalized spacial score (nSPS) is 11.4. The van der Waals surface area contributed by atoms with Crippen LogP contribution in [-0.2, 0) is 23.1 Å². The van der Waals surface area contributed by atoms with Gasteiger partial charge in [-0.25, -0.2) is 22.6 Å². The summed E-state index contributed by atoms with van der Waals surface area (Å²) in [6, 6.07) is 7.62. The van der Waals surface area contributed by atoms with Gasteiger partial charge in [0.25, 0.3) is 10.0 Å². The smallest absolute Gasteiger partial charge is 0.339 e. The molecule has 0 fully saturated rings. The van der Waals surface area contributed by atoms with E-state index >= 15 is 0 Å². The highest BCUT2D eigenvalue weighted by Crippen LogP contribution is 2.24. The number of carbonyl (C=O) groups is 1. The Labute approximate surface area is 185 Å². The van der Waals surface area contributed by atoms with Crippen LogP contribution in [0.15, 0.2) is 47.5 Å². The summed E-state index contributed by atoms with van der Waals surface area (Å²) >= 11 is 0. The molecule has 1 aromatic carbocycles. The number of hydrogen-bond acceptors (Lipinski definition) is 6. The fourth-order valence-corrected chi connectivity index (χ4v) is 4.34. The van der Waals surface area contributed by atoms with Crippen molar-refractivity contribution >= 4 is 27.5 Å². The van der Waals surface area contributed by atoms with Crippen LogP contribution in [0.1, 0.15) is 35.1 Å². The van der Waals surface area contributed by atoms with Crippen molar-refractivity contribution in [3.05, 3.63) is 65.4 Å². The number of nitrogens with one attached hydrogen (secondary N) is 1. The summed E-state index contributed by atoms with van der Waals surface area (Å²) in [5.41, 5.74) is 1.54. The Morgan fingerprint density at radius 1 is 1.28 bits per heavy atom. The molecular weight excluding hydrogens is 437 g/mol. The van der Waals surface area contributed by atoms with Gasteiger partial charge in [-0.05, 0) is 43.7 Å². The third kappa shape index (κ3) is 5.22. The highest BCUT2D eigenvalue weighted by molar-refractivity contribution is 7.92. The van der Waals surface area contributed by atoms with Crippen LogP contribution in [0.3, 0.4) is 0 Å². The third-order valence-electron chi connectivity index (χ3n) is 4.64. The number of carboxylic acid groups (broad SMARTS) is 1. The summed E-state index contributed by atoms with van der Waals surface area (Å²) in [6.45, 7) is 5.02. The minimum Gasteiger partial charge on any atom is -0.478 e. The lowest BCUT2D eigenvalue weighted by Gasteiger charge is -2.21. The average molecular weight is 462 g/mol. The fourth-order valence-electron chi connectivity index (χ4n) is 3.27. The molecule has 0 aliphatic rings. The molecular formula is C21H24FN5O4S. The van der Waals surface area contributed by atoms with Gasteiger partial charge in [-0.2, -0.15) is 5.10 Å². The molecule has 0 unspecified atom stereocenters. The van der Waals surface area contributed by atoms with Gasteiger partial charge in [-0.1, -0.05) is 13.0 Å². The van der Waals surface area contributed by atoms with Gasteiger partial charge in [0.05, 0.1) is 34.7 Å². The molecule has 0 aliphatic heterocycles. The van der Waals surface area contributed by atoms with Gasteiger partial charge in [0, 0.05) is 13.6 Å². The maximum absolute atomic E-state index is 13.4. The van der Waals surface area contributed by atoms with E-state index in [1.54, 1.807) is 11.9 Å². The van der Waals surface area contributed by atoms with Crippen LogP contribution in [0, 0.1) is 12.7 Å². The van der Waals surface area contributed by atoms with Crippen molar-refractivity contribution in [3.8, 4) is 0 Å². The molecule has 2 aromatic heterocycles. The Balaban J connectivity index is 1.88. The summed E-state index contributed by atoms with van der Waals surface area (Å²) in [7, 11) is -2.42. The Morgan fingerprint density at radius 2 is 2.03 bits per heavy atom. The van der Waals surface area contributed by atoms with E-state index in [1.165, 1.54) is 24.4 Å². The predicted octanol–water partition coefficient (Wildman–Crippen LogP) is 3.27. The maximum atomic E-state index is 13.4. The molecule has 32 heavy (non-hydrogen) atoms. The molecule has 2 N–H and O–H groups in total. The van der Waals surface area contributed by atoms with Crippen molar-refractivity contribution in [2.24, 2.45) is 0 Å². The van der Waals surface area contributed by atoms with Crippen molar-refractivity contribution in [3.63, 3.8) is 0 Å². The highest BCUT2D eigenvalue weighted by atomic mass is 32.2. The first-order valence-corrected chi connectivity index (χ1v) is 11.3. The van der Waals surface area contributed by atoms with E-state index < -0.39 is 21.8 Å². The van der Waals surface area contributed by atoms with Crippen LogP contribution in [0.25, 0.3) is 0 Å². The van der Waals surface area contributed by atoms with E-state index in [0.717, 1.165) is 36.5 Å². The lowest BCUT2D eigenvalue weighted by molar-refractivity contribution is 0.0697. The zero-order valence-corrected chi connectivity index (χ0v) is 18.7. The van der Waals surface area contributed by atoms with Crippen molar-refractivity contribution in [2.75, 3.05) is 16.7 Å². The molecule has 11 heteroatoms. The molecule has 0 spiro atoms. The average Bonchev–Trinajstić information content (AvgIpc) is 3.06. The zero-order valence-electron chi connectivity index (χ0n) is 17.9. The van der Waals surface area contributed by atoms with Crippen molar-refractivity contribution in [1.29, 1.82) is 0 Å². The molecule has 2 heterocycles. The first-order valence-electron chi connectivity index (χ1n) is 9.87. The number of sulfonamides is 1. The van der Waals surface area contributed by atoms with Gasteiger partial charge >= 0.3 is 5.97 Å². The topological polar surface area (TPSA) is 117 Å².